The molecule has 2 heterocycles. The second-order valence-electron chi connectivity index (χ2n) is 4.73. The number of nitrogens with zero attached hydrogens (tertiary/aromatic N) is 4. The van der Waals surface area contributed by atoms with E-state index >= 15 is 0 Å². The van der Waals surface area contributed by atoms with Crippen molar-refractivity contribution in [1.82, 2.24) is 24.9 Å². The molecule has 0 saturated heterocycles. The Bertz CT molecular complexity index is 626. The van der Waals surface area contributed by atoms with Crippen molar-refractivity contribution < 1.29 is 22.4 Å². The molecule has 0 aliphatic heterocycles. The molecule has 0 radical (unpaired) electrons. The number of rotatable bonds is 8. The molecule has 0 aliphatic rings. The molecule has 2 rings (SSSR count). The third-order valence-corrected chi connectivity index (χ3v) is 3.02. The molecule has 0 aromatic carbocycles. The zero-order chi connectivity index (χ0) is 16.8. The van der Waals surface area contributed by atoms with E-state index in [0.29, 0.717) is 30.3 Å². The van der Waals surface area contributed by atoms with Gasteiger partial charge >= 0.3 is 0 Å². The van der Waals surface area contributed by atoms with E-state index in [1.54, 1.807) is 23.1 Å². The fourth-order valence-electron chi connectivity index (χ4n) is 1.95. The number of nitrogens with one attached hydrogen (secondary N) is 1. The van der Waals surface area contributed by atoms with Gasteiger partial charge in [-0.15, -0.1) is 0 Å². The van der Waals surface area contributed by atoms with Crippen LogP contribution in [0, 0.1) is 0 Å². The fourth-order valence-corrected chi connectivity index (χ4v) is 1.95. The minimum atomic E-state index is -2.98. The zero-order valence-electron chi connectivity index (χ0n) is 12.0. The van der Waals surface area contributed by atoms with Gasteiger partial charge in [0, 0.05) is 25.5 Å². The first-order chi connectivity index (χ1) is 11.0. The number of hydrogen-bond acceptors (Lipinski definition) is 3. The van der Waals surface area contributed by atoms with Gasteiger partial charge in [-0.25, -0.2) is 17.6 Å². The highest BCUT2D eigenvalue weighted by atomic mass is 19.3. The standard InChI is InChI=1S/C13H15F4N5O/c14-12(15)9-7-10(13(16)17)22(20-9)8-11(23)18-3-1-5-21-6-2-4-19-21/h2,4,6-7,12-13H,1,3,5,8H2,(H,18,23). The molecule has 0 aliphatic carbocycles. The molecule has 0 spiro atoms. The lowest BCUT2D eigenvalue weighted by Gasteiger charge is -2.08. The molecule has 0 atom stereocenters. The second kappa shape index (κ2) is 7.75. The van der Waals surface area contributed by atoms with E-state index in [0.717, 1.165) is 0 Å². The van der Waals surface area contributed by atoms with Gasteiger partial charge in [-0.1, -0.05) is 0 Å². The van der Waals surface area contributed by atoms with Crippen molar-refractivity contribution in [2.75, 3.05) is 6.54 Å². The average Bonchev–Trinajstić information content (AvgIpc) is 3.12. The Morgan fingerprint density at radius 2 is 2.04 bits per heavy atom. The van der Waals surface area contributed by atoms with Crippen LogP contribution in [0.5, 0.6) is 0 Å². The molecule has 126 valence electrons. The van der Waals surface area contributed by atoms with Crippen molar-refractivity contribution >= 4 is 5.91 Å². The van der Waals surface area contributed by atoms with Crippen LogP contribution in [-0.4, -0.2) is 32.0 Å². The van der Waals surface area contributed by atoms with Gasteiger partial charge in [0.15, 0.2) is 0 Å². The molecule has 2 aromatic heterocycles. The first kappa shape index (κ1) is 17.0. The van der Waals surface area contributed by atoms with E-state index in [9.17, 15) is 22.4 Å². The third kappa shape index (κ3) is 4.80. The fraction of sp³-hybridized carbons (Fsp3) is 0.462. The zero-order valence-corrected chi connectivity index (χ0v) is 12.0. The number of carbonyl (C=O) groups excluding carboxylic acids is 1. The molecule has 6 nitrogen and oxygen atoms in total. The van der Waals surface area contributed by atoms with Crippen molar-refractivity contribution in [3.05, 3.63) is 35.9 Å². The minimum absolute atomic E-state index is 0.311. The highest BCUT2D eigenvalue weighted by molar-refractivity contribution is 5.75. The van der Waals surface area contributed by atoms with Crippen LogP contribution in [0.1, 0.15) is 30.7 Å². The number of carbonyl (C=O) groups is 1. The van der Waals surface area contributed by atoms with Crippen molar-refractivity contribution in [1.29, 1.82) is 0 Å². The maximum atomic E-state index is 12.8. The van der Waals surface area contributed by atoms with Gasteiger partial charge in [-0.2, -0.15) is 10.2 Å². The number of aryl methyl sites for hydroxylation is 1. The van der Waals surface area contributed by atoms with E-state index < -0.39 is 36.7 Å². The molecule has 0 unspecified atom stereocenters. The normalized spacial score (nSPS) is 11.4. The van der Waals surface area contributed by atoms with Crippen LogP contribution in [0.15, 0.2) is 24.5 Å². The Morgan fingerprint density at radius 3 is 2.65 bits per heavy atom. The highest BCUT2D eigenvalue weighted by Crippen LogP contribution is 2.24. The maximum absolute atomic E-state index is 12.8. The van der Waals surface area contributed by atoms with Gasteiger partial charge in [0.05, 0.1) is 0 Å². The first-order valence-electron chi connectivity index (χ1n) is 6.85. The van der Waals surface area contributed by atoms with Gasteiger partial charge in [-0.3, -0.25) is 14.2 Å². The first-order valence-corrected chi connectivity index (χ1v) is 6.85. The van der Waals surface area contributed by atoms with E-state index in [1.807, 2.05) is 0 Å². The largest absolute Gasteiger partial charge is 0.354 e. The van der Waals surface area contributed by atoms with Gasteiger partial charge in [0.1, 0.15) is 17.9 Å². The molecule has 2 aromatic rings. The summed E-state index contributed by atoms with van der Waals surface area (Å²) in [7, 11) is 0. The van der Waals surface area contributed by atoms with E-state index in [-0.39, 0.29) is 0 Å². The summed E-state index contributed by atoms with van der Waals surface area (Å²) in [6.07, 6.45) is -1.96. The molecule has 0 fully saturated rings. The summed E-state index contributed by atoms with van der Waals surface area (Å²) in [5.41, 5.74) is -1.47. The van der Waals surface area contributed by atoms with E-state index in [4.69, 9.17) is 0 Å². The Morgan fingerprint density at radius 1 is 1.26 bits per heavy atom. The summed E-state index contributed by atoms with van der Waals surface area (Å²) >= 11 is 0. The average molecular weight is 333 g/mol. The van der Waals surface area contributed by atoms with Crippen LogP contribution < -0.4 is 5.32 Å². The second-order valence-corrected chi connectivity index (χ2v) is 4.73. The van der Waals surface area contributed by atoms with Crippen molar-refractivity contribution in [2.45, 2.75) is 32.4 Å². The van der Waals surface area contributed by atoms with Crippen LogP contribution in [0.4, 0.5) is 17.6 Å². The molecule has 23 heavy (non-hydrogen) atoms. The lowest BCUT2D eigenvalue weighted by molar-refractivity contribution is -0.121. The number of halogens is 4. The number of aromatic nitrogens is 4. The Labute approximate surface area is 129 Å². The smallest absolute Gasteiger partial charge is 0.282 e. The maximum Gasteiger partial charge on any atom is 0.282 e. The summed E-state index contributed by atoms with van der Waals surface area (Å²) in [4.78, 5) is 11.7. The van der Waals surface area contributed by atoms with Crippen molar-refractivity contribution in [2.24, 2.45) is 0 Å². The summed E-state index contributed by atoms with van der Waals surface area (Å²) in [5, 5.41) is 9.86. The third-order valence-electron chi connectivity index (χ3n) is 3.02. The van der Waals surface area contributed by atoms with Crippen LogP contribution in [0.3, 0.4) is 0 Å². The Hall–Kier alpha value is -2.39. The Balaban J connectivity index is 1.84. The number of amides is 1. The van der Waals surface area contributed by atoms with Crippen molar-refractivity contribution in [3.63, 3.8) is 0 Å². The van der Waals surface area contributed by atoms with E-state index in [1.165, 1.54) is 0 Å². The van der Waals surface area contributed by atoms with Crippen LogP contribution >= 0.6 is 0 Å². The topological polar surface area (TPSA) is 64.7 Å². The Kier molecular flexibility index (Phi) is 5.72. The van der Waals surface area contributed by atoms with Crippen LogP contribution in [0.2, 0.25) is 0 Å². The summed E-state index contributed by atoms with van der Waals surface area (Å²) < 4.78 is 52.9. The molecular formula is C13H15F4N5O. The van der Waals surface area contributed by atoms with E-state index in [2.05, 4.69) is 15.5 Å². The lowest BCUT2D eigenvalue weighted by atomic mass is 10.3. The quantitative estimate of drug-likeness (QED) is 0.595. The predicted molar refractivity (Wildman–Crippen MR) is 72.0 cm³/mol. The molecule has 1 amide bonds. The molecule has 10 heteroatoms. The van der Waals surface area contributed by atoms with Crippen molar-refractivity contribution in [3.8, 4) is 0 Å². The van der Waals surface area contributed by atoms with Gasteiger partial charge in [0.2, 0.25) is 5.91 Å². The van der Waals surface area contributed by atoms with Gasteiger partial charge in [-0.05, 0) is 18.6 Å². The summed E-state index contributed by atoms with van der Waals surface area (Å²) in [5.74, 6) is -0.573. The minimum Gasteiger partial charge on any atom is -0.354 e. The predicted octanol–water partition coefficient (Wildman–Crippen LogP) is 2.16. The molecule has 0 bridgehead atoms. The lowest BCUT2D eigenvalue weighted by Crippen LogP contribution is -2.30. The summed E-state index contributed by atoms with van der Waals surface area (Å²) in [6, 6.07) is 2.38. The molecule has 1 N–H and O–H groups in total. The van der Waals surface area contributed by atoms with Crippen LogP contribution in [-0.2, 0) is 17.9 Å². The van der Waals surface area contributed by atoms with Gasteiger partial charge < -0.3 is 5.32 Å². The van der Waals surface area contributed by atoms with Gasteiger partial charge in [0.25, 0.3) is 12.9 Å². The molecule has 0 saturated carbocycles. The van der Waals surface area contributed by atoms with Crippen LogP contribution in [0.25, 0.3) is 0 Å². The SMILES string of the molecule is O=C(Cn1nc(C(F)F)cc1C(F)F)NCCCn1cccn1. The summed E-state index contributed by atoms with van der Waals surface area (Å²) in [6.45, 7) is 0.368. The highest BCUT2D eigenvalue weighted by Gasteiger charge is 2.22. The molecular weight excluding hydrogens is 318 g/mol. The number of alkyl halides is 4. The monoisotopic (exact) mass is 333 g/mol. The number of hydrogen-bond donors (Lipinski definition) is 1.